The minimum absolute atomic E-state index is 0.894. The van der Waals surface area contributed by atoms with E-state index >= 15 is 0 Å². The van der Waals surface area contributed by atoms with Crippen LogP contribution < -0.4 is 4.90 Å². The molecule has 41 heavy (non-hydrogen) atoms. The van der Waals surface area contributed by atoms with E-state index in [1.54, 1.807) is 0 Å². The van der Waals surface area contributed by atoms with E-state index in [9.17, 15) is 0 Å². The summed E-state index contributed by atoms with van der Waals surface area (Å²) in [6.07, 6.45) is 0. The minimum Gasteiger partial charge on any atom is -0.456 e. The molecule has 2 aromatic heterocycles. The largest absolute Gasteiger partial charge is 0.456 e. The van der Waals surface area contributed by atoms with E-state index in [2.05, 4.69) is 120 Å². The lowest BCUT2D eigenvalue weighted by atomic mass is 9.99. The molecule has 0 fully saturated rings. The van der Waals surface area contributed by atoms with Gasteiger partial charge in [0.1, 0.15) is 22.3 Å². The number of para-hydroxylation sites is 3. The van der Waals surface area contributed by atoms with Crippen molar-refractivity contribution in [2.24, 2.45) is 0 Å². The Balaban J connectivity index is 1.25. The van der Waals surface area contributed by atoms with Crippen molar-refractivity contribution in [3.8, 4) is 0 Å². The lowest BCUT2D eigenvalue weighted by Crippen LogP contribution is -2.09. The molecule has 0 aliphatic carbocycles. The van der Waals surface area contributed by atoms with Crippen LogP contribution in [0.25, 0.3) is 65.4 Å². The van der Waals surface area contributed by atoms with Gasteiger partial charge < -0.3 is 13.7 Å². The first kappa shape index (κ1) is 22.3. The molecule has 0 saturated carbocycles. The van der Waals surface area contributed by atoms with E-state index in [1.165, 1.54) is 21.5 Å². The Morgan fingerprint density at radius 1 is 0.317 bits per heavy atom. The molecule has 0 radical (unpaired) electrons. The number of hydrogen-bond acceptors (Lipinski definition) is 3. The van der Waals surface area contributed by atoms with Gasteiger partial charge in [-0.2, -0.15) is 0 Å². The second-order valence-corrected chi connectivity index (χ2v) is 10.6. The van der Waals surface area contributed by atoms with Crippen molar-refractivity contribution in [2.45, 2.75) is 0 Å². The molecule has 0 atom stereocenters. The Bertz CT molecular complexity index is 2430. The fourth-order valence-electron chi connectivity index (χ4n) is 6.29. The van der Waals surface area contributed by atoms with Crippen LogP contribution in [0.3, 0.4) is 0 Å². The average molecular weight is 526 g/mol. The van der Waals surface area contributed by atoms with E-state index in [0.717, 1.165) is 60.9 Å². The van der Waals surface area contributed by atoms with Crippen LogP contribution in [0.5, 0.6) is 0 Å². The van der Waals surface area contributed by atoms with E-state index < -0.39 is 0 Å². The van der Waals surface area contributed by atoms with E-state index in [4.69, 9.17) is 8.83 Å². The van der Waals surface area contributed by atoms with Crippen LogP contribution in [0.4, 0.5) is 17.1 Å². The Morgan fingerprint density at radius 2 is 0.902 bits per heavy atom. The first-order chi connectivity index (χ1) is 20.3. The van der Waals surface area contributed by atoms with Gasteiger partial charge in [-0.15, -0.1) is 0 Å². The zero-order valence-corrected chi connectivity index (χ0v) is 22.0. The van der Waals surface area contributed by atoms with Crippen molar-refractivity contribution < 1.29 is 8.83 Å². The smallest absolute Gasteiger partial charge is 0.136 e. The Hall–Kier alpha value is -5.54. The Labute approximate surface area is 235 Å². The molecule has 0 N–H and O–H groups in total. The molecule has 0 spiro atoms. The first-order valence-corrected chi connectivity index (χ1v) is 13.8. The SMILES string of the molecule is c1ccc(N(c2ccc3c(ccc4cc5oc6ccccc6c5cc43)c2)c2ccc3oc4ccccc4c3c2)cc1. The van der Waals surface area contributed by atoms with Crippen molar-refractivity contribution >= 4 is 82.5 Å². The number of hydrogen-bond donors (Lipinski definition) is 0. The van der Waals surface area contributed by atoms with Gasteiger partial charge in [0.05, 0.1) is 0 Å². The molecule has 0 bridgehead atoms. The highest BCUT2D eigenvalue weighted by Gasteiger charge is 2.16. The van der Waals surface area contributed by atoms with E-state index in [-0.39, 0.29) is 0 Å². The average Bonchev–Trinajstić information content (AvgIpc) is 3.58. The van der Waals surface area contributed by atoms with Gasteiger partial charge in [0.2, 0.25) is 0 Å². The first-order valence-electron chi connectivity index (χ1n) is 13.8. The van der Waals surface area contributed by atoms with Crippen molar-refractivity contribution in [3.63, 3.8) is 0 Å². The maximum absolute atomic E-state index is 6.16. The predicted octanol–water partition coefficient (Wildman–Crippen LogP) is 11.3. The number of rotatable bonds is 3. The van der Waals surface area contributed by atoms with Gasteiger partial charge in [-0.25, -0.2) is 0 Å². The molecular weight excluding hydrogens is 502 g/mol. The summed E-state index contributed by atoms with van der Waals surface area (Å²) in [5.41, 5.74) is 6.93. The summed E-state index contributed by atoms with van der Waals surface area (Å²) in [6, 6.07) is 49.1. The van der Waals surface area contributed by atoms with Crippen LogP contribution in [0, 0.1) is 0 Å². The van der Waals surface area contributed by atoms with Gasteiger partial charge in [-0.1, -0.05) is 72.8 Å². The summed E-state index contributed by atoms with van der Waals surface area (Å²) < 4.78 is 12.3. The van der Waals surface area contributed by atoms with Crippen LogP contribution in [-0.4, -0.2) is 0 Å². The van der Waals surface area contributed by atoms with Gasteiger partial charge in [0, 0.05) is 38.6 Å². The summed E-state index contributed by atoms with van der Waals surface area (Å²) in [4.78, 5) is 2.32. The third kappa shape index (κ3) is 3.39. The molecule has 3 nitrogen and oxygen atoms in total. The molecule has 9 aromatic rings. The number of furan rings is 2. The molecule has 0 saturated heterocycles. The van der Waals surface area contributed by atoms with Crippen molar-refractivity contribution in [1.82, 2.24) is 0 Å². The third-order valence-corrected chi connectivity index (χ3v) is 8.21. The Kier molecular flexibility index (Phi) is 4.61. The standard InChI is InChI=1S/C38H23NO2/c1-2-8-26(9-3-1)39(28-17-19-37-33(22-28)30-10-4-6-12-35(30)40-37)27-16-18-29-24(20-27)14-15-25-21-38-34(23-32(25)29)31-11-5-7-13-36(31)41-38/h1-23H. The quantitative estimate of drug-likeness (QED) is 0.215. The van der Waals surface area contributed by atoms with Crippen LogP contribution in [0.2, 0.25) is 0 Å². The molecular formula is C38H23NO2. The monoisotopic (exact) mass is 525 g/mol. The van der Waals surface area contributed by atoms with Crippen LogP contribution in [0.15, 0.2) is 148 Å². The van der Waals surface area contributed by atoms with Crippen molar-refractivity contribution in [1.29, 1.82) is 0 Å². The summed E-state index contributed by atoms with van der Waals surface area (Å²) in [5, 5.41) is 9.36. The summed E-state index contributed by atoms with van der Waals surface area (Å²) >= 11 is 0. The lowest BCUT2D eigenvalue weighted by Gasteiger charge is -2.26. The third-order valence-electron chi connectivity index (χ3n) is 8.21. The lowest BCUT2D eigenvalue weighted by molar-refractivity contribution is 0.668. The molecule has 9 rings (SSSR count). The minimum atomic E-state index is 0.894. The van der Waals surface area contributed by atoms with Crippen molar-refractivity contribution in [2.75, 3.05) is 4.90 Å². The van der Waals surface area contributed by atoms with Crippen LogP contribution in [-0.2, 0) is 0 Å². The molecule has 0 amide bonds. The summed E-state index contributed by atoms with van der Waals surface area (Å²) in [6.45, 7) is 0. The molecule has 0 aliphatic rings. The molecule has 0 unspecified atom stereocenters. The van der Waals surface area contributed by atoms with Gasteiger partial charge in [0.25, 0.3) is 0 Å². The molecule has 7 aromatic carbocycles. The zero-order chi connectivity index (χ0) is 26.9. The van der Waals surface area contributed by atoms with E-state index in [0.29, 0.717) is 0 Å². The molecule has 3 heteroatoms. The number of anilines is 3. The normalized spacial score (nSPS) is 11.9. The van der Waals surface area contributed by atoms with Crippen molar-refractivity contribution in [3.05, 3.63) is 140 Å². The van der Waals surface area contributed by atoms with Gasteiger partial charge in [0.15, 0.2) is 0 Å². The maximum atomic E-state index is 6.16. The zero-order valence-electron chi connectivity index (χ0n) is 22.0. The highest BCUT2D eigenvalue weighted by molar-refractivity contribution is 6.17. The predicted molar refractivity (Wildman–Crippen MR) is 171 cm³/mol. The van der Waals surface area contributed by atoms with Gasteiger partial charge in [-0.3, -0.25) is 0 Å². The fraction of sp³-hybridized carbons (Fsp3) is 0. The molecule has 2 heterocycles. The summed E-state index contributed by atoms with van der Waals surface area (Å²) in [7, 11) is 0. The maximum Gasteiger partial charge on any atom is 0.136 e. The van der Waals surface area contributed by atoms with Crippen LogP contribution in [0.1, 0.15) is 0 Å². The molecule has 192 valence electrons. The van der Waals surface area contributed by atoms with E-state index in [1.807, 2.05) is 24.3 Å². The fourth-order valence-corrected chi connectivity index (χ4v) is 6.29. The second-order valence-electron chi connectivity index (χ2n) is 10.6. The molecule has 0 aliphatic heterocycles. The summed E-state index contributed by atoms with van der Waals surface area (Å²) in [5.74, 6) is 0. The topological polar surface area (TPSA) is 29.5 Å². The van der Waals surface area contributed by atoms with Gasteiger partial charge >= 0.3 is 0 Å². The van der Waals surface area contributed by atoms with Gasteiger partial charge in [-0.05, 0) is 88.3 Å². The number of fused-ring (bicyclic) bond motifs is 9. The highest BCUT2D eigenvalue weighted by Crippen LogP contribution is 2.41. The Morgan fingerprint density at radius 3 is 1.68 bits per heavy atom. The highest BCUT2D eigenvalue weighted by atomic mass is 16.3. The second kappa shape index (κ2) is 8.48. The number of benzene rings is 7. The van der Waals surface area contributed by atoms with Crippen LogP contribution >= 0.6 is 0 Å². The number of nitrogens with zero attached hydrogens (tertiary/aromatic N) is 1.